The average Bonchev–Trinajstić information content (AvgIpc) is 2.64. The predicted octanol–water partition coefficient (Wildman–Crippen LogP) is 1.51. The van der Waals surface area contributed by atoms with Gasteiger partial charge in [0.1, 0.15) is 0 Å². The van der Waals surface area contributed by atoms with Gasteiger partial charge in [-0.05, 0) is 45.2 Å². The van der Waals surface area contributed by atoms with E-state index in [1.165, 1.54) is 25.7 Å². The molecule has 0 spiro atoms. The SMILES string of the molecule is CCCN(CC1CCCCN1)C1CCCNC(=O)C1. The fourth-order valence-electron chi connectivity index (χ4n) is 3.34. The molecule has 2 fully saturated rings. The number of hydrogen-bond acceptors (Lipinski definition) is 3. The van der Waals surface area contributed by atoms with Crippen molar-refractivity contribution in [2.45, 2.75) is 64.0 Å². The normalized spacial score (nSPS) is 29.1. The number of carbonyl (C=O) groups excluding carboxylic acids is 1. The zero-order chi connectivity index (χ0) is 13.5. The summed E-state index contributed by atoms with van der Waals surface area (Å²) in [6.45, 7) is 6.49. The molecule has 0 radical (unpaired) electrons. The monoisotopic (exact) mass is 267 g/mol. The number of amides is 1. The van der Waals surface area contributed by atoms with Crippen LogP contribution in [0.1, 0.15) is 51.9 Å². The number of nitrogens with one attached hydrogen (secondary N) is 2. The molecule has 0 aromatic heterocycles. The third-order valence-electron chi connectivity index (χ3n) is 4.35. The number of carbonyl (C=O) groups is 1. The van der Waals surface area contributed by atoms with E-state index in [9.17, 15) is 4.79 Å². The first-order chi connectivity index (χ1) is 9.29. The maximum atomic E-state index is 11.7. The van der Waals surface area contributed by atoms with E-state index in [1.807, 2.05) is 0 Å². The highest BCUT2D eigenvalue weighted by Gasteiger charge is 2.25. The minimum Gasteiger partial charge on any atom is -0.356 e. The van der Waals surface area contributed by atoms with E-state index < -0.39 is 0 Å². The molecule has 2 saturated heterocycles. The van der Waals surface area contributed by atoms with Gasteiger partial charge in [-0.15, -0.1) is 0 Å². The summed E-state index contributed by atoms with van der Waals surface area (Å²) >= 11 is 0. The fourth-order valence-corrected chi connectivity index (χ4v) is 3.34. The van der Waals surface area contributed by atoms with E-state index in [1.54, 1.807) is 0 Å². The molecule has 19 heavy (non-hydrogen) atoms. The van der Waals surface area contributed by atoms with E-state index in [2.05, 4.69) is 22.5 Å². The molecular formula is C15H29N3O. The van der Waals surface area contributed by atoms with Crippen LogP contribution in [0.2, 0.25) is 0 Å². The van der Waals surface area contributed by atoms with Crippen LogP contribution in [0.4, 0.5) is 0 Å². The molecule has 0 bridgehead atoms. The fraction of sp³-hybridized carbons (Fsp3) is 0.933. The largest absolute Gasteiger partial charge is 0.356 e. The third kappa shape index (κ3) is 4.77. The first-order valence-electron chi connectivity index (χ1n) is 8.03. The Morgan fingerprint density at radius 2 is 2.11 bits per heavy atom. The number of hydrogen-bond donors (Lipinski definition) is 2. The van der Waals surface area contributed by atoms with Gasteiger partial charge < -0.3 is 10.6 Å². The van der Waals surface area contributed by atoms with Gasteiger partial charge in [-0.1, -0.05) is 13.3 Å². The number of piperidine rings is 1. The molecule has 2 aliphatic heterocycles. The van der Waals surface area contributed by atoms with Gasteiger partial charge in [0, 0.05) is 31.6 Å². The third-order valence-corrected chi connectivity index (χ3v) is 4.35. The van der Waals surface area contributed by atoms with E-state index in [0.717, 1.165) is 39.0 Å². The van der Waals surface area contributed by atoms with Crippen molar-refractivity contribution in [3.05, 3.63) is 0 Å². The number of nitrogens with zero attached hydrogens (tertiary/aromatic N) is 1. The Bertz CT molecular complexity index is 277. The lowest BCUT2D eigenvalue weighted by Crippen LogP contribution is -2.48. The molecule has 0 aliphatic carbocycles. The molecule has 110 valence electrons. The lowest BCUT2D eigenvalue weighted by Gasteiger charge is -2.35. The van der Waals surface area contributed by atoms with Crippen LogP contribution in [0.25, 0.3) is 0 Å². The van der Waals surface area contributed by atoms with E-state index in [4.69, 9.17) is 0 Å². The van der Waals surface area contributed by atoms with Crippen molar-refractivity contribution in [1.82, 2.24) is 15.5 Å². The van der Waals surface area contributed by atoms with E-state index in [0.29, 0.717) is 18.5 Å². The van der Waals surface area contributed by atoms with Crippen LogP contribution in [-0.2, 0) is 4.79 Å². The smallest absolute Gasteiger partial charge is 0.221 e. The summed E-state index contributed by atoms with van der Waals surface area (Å²) < 4.78 is 0. The zero-order valence-corrected chi connectivity index (χ0v) is 12.3. The Kier molecular flexibility index (Phi) is 6.11. The topological polar surface area (TPSA) is 44.4 Å². The summed E-state index contributed by atoms with van der Waals surface area (Å²) in [7, 11) is 0. The lowest BCUT2D eigenvalue weighted by molar-refractivity contribution is -0.121. The van der Waals surface area contributed by atoms with Gasteiger partial charge >= 0.3 is 0 Å². The molecule has 2 unspecified atom stereocenters. The maximum Gasteiger partial charge on any atom is 0.221 e. The second-order valence-corrected chi connectivity index (χ2v) is 5.99. The number of rotatable bonds is 5. The Labute approximate surface area is 117 Å². The van der Waals surface area contributed by atoms with Crippen molar-refractivity contribution in [3.63, 3.8) is 0 Å². The molecule has 0 aromatic rings. The molecule has 4 nitrogen and oxygen atoms in total. The second-order valence-electron chi connectivity index (χ2n) is 5.99. The van der Waals surface area contributed by atoms with Gasteiger partial charge in [0.25, 0.3) is 0 Å². The summed E-state index contributed by atoms with van der Waals surface area (Å²) in [4.78, 5) is 14.3. The van der Waals surface area contributed by atoms with Gasteiger partial charge in [0.15, 0.2) is 0 Å². The van der Waals surface area contributed by atoms with Gasteiger partial charge in [-0.25, -0.2) is 0 Å². The molecule has 4 heteroatoms. The lowest BCUT2D eigenvalue weighted by atomic mass is 10.0. The molecule has 2 aliphatic rings. The molecule has 2 atom stereocenters. The standard InChI is InChI=1S/C15H29N3O/c1-2-10-18(12-13-6-3-4-8-16-13)14-7-5-9-17-15(19)11-14/h13-14,16H,2-12H2,1H3,(H,17,19). The Hall–Kier alpha value is -0.610. The van der Waals surface area contributed by atoms with Crippen molar-refractivity contribution < 1.29 is 4.79 Å². The van der Waals surface area contributed by atoms with Crippen molar-refractivity contribution in [2.75, 3.05) is 26.2 Å². The molecule has 2 heterocycles. The first kappa shape index (κ1) is 14.8. The zero-order valence-electron chi connectivity index (χ0n) is 12.3. The summed E-state index contributed by atoms with van der Waals surface area (Å²) in [6, 6.07) is 1.08. The van der Waals surface area contributed by atoms with E-state index in [-0.39, 0.29) is 5.91 Å². The highest BCUT2D eigenvalue weighted by Crippen LogP contribution is 2.17. The summed E-state index contributed by atoms with van der Waals surface area (Å²) in [6.07, 6.45) is 8.09. The van der Waals surface area contributed by atoms with Crippen LogP contribution < -0.4 is 10.6 Å². The summed E-state index contributed by atoms with van der Waals surface area (Å²) in [5, 5.41) is 6.63. The van der Waals surface area contributed by atoms with Crippen LogP contribution in [0.5, 0.6) is 0 Å². The van der Waals surface area contributed by atoms with Crippen molar-refractivity contribution in [2.24, 2.45) is 0 Å². The van der Waals surface area contributed by atoms with Gasteiger partial charge in [0.2, 0.25) is 5.91 Å². The summed E-state index contributed by atoms with van der Waals surface area (Å²) in [5.41, 5.74) is 0. The molecule has 2 rings (SSSR count). The highest BCUT2D eigenvalue weighted by atomic mass is 16.1. The van der Waals surface area contributed by atoms with E-state index >= 15 is 0 Å². The van der Waals surface area contributed by atoms with Crippen molar-refractivity contribution in [1.29, 1.82) is 0 Å². The maximum absolute atomic E-state index is 11.7. The second kappa shape index (κ2) is 7.85. The molecular weight excluding hydrogens is 238 g/mol. The van der Waals surface area contributed by atoms with Crippen LogP contribution in [0, 0.1) is 0 Å². The van der Waals surface area contributed by atoms with Gasteiger partial charge in [-0.3, -0.25) is 9.69 Å². The van der Waals surface area contributed by atoms with Crippen LogP contribution in [0.15, 0.2) is 0 Å². The molecule has 0 aromatic carbocycles. The average molecular weight is 267 g/mol. The van der Waals surface area contributed by atoms with Crippen LogP contribution in [0.3, 0.4) is 0 Å². The quantitative estimate of drug-likeness (QED) is 0.793. The van der Waals surface area contributed by atoms with Crippen molar-refractivity contribution >= 4 is 5.91 Å². The minimum atomic E-state index is 0.236. The Balaban J connectivity index is 1.90. The minimum absolute atomic E-state index is 0.236. The van der Waals surface area contributed by atoms with Crippen LogP contribution in [-0.4, -0.2) is 49.1 Å². The first-order valence-corrected chi connectivity index (χ1v) is 8.03. The van der Waals surface area contributed by atoms with Gasteiger partial charge in [0.05, 0.1) is 0 Å². The predicted molar refractivity (Wildman–Crippen MR) is 78.2 cm³/mol. The highest BCUT2D eigenvalue weighted by molar-refractivity contribution is 5.76. The molecule has 2 N–H and O–H groups in total. The molecule has 1 amide bonds. The van der Waals surface area contributed by atoms with Crippen molar-refractivity contribution in [3.8, 4) is 0 Å². The Morgan fingerprint density at radius 1 is 1.21 bits per heavy atom. The summed E-state index contributed by atoms with van der Waals surface area (Å²) in [5.74, 6) is 0.236. The Morgan fingerprint density at radius 3 is 2.84 bits per heavy atom. The van der Waals surface area contributed by atoms with Crippen LogP contribution >= 0.6 is 0 Å². The van der Waals surface area contributed by atoms with Gasteiger partial charge in [-0.2, -0.15) is 0 Å². The molecule has 0 saturated carbocycles.